The second kappa shape index (κ2) is 23.0. The molecule has 0 atom stereocenters. The monoisotopic (exact) mass is 1170 g/mol. The molecule has 3 fully saturated rings. The Bertz CT molecular complexity index is 3930. The van der Waals surface area contributed by atoms with Crippen LogP contribution in [0.5, 0.6) is 0 Å². The Balaban J connectivity index is 0.000000140. The number of hydrogen-bond donors (Lipinski definition) is 0. The topological polar surface area (TPSA) is 107 Å². The van der Waals surface area contributed by atoms with Crippen molar-refractivity contribution < 1.29 is 27.9 Å². The van der Waals surface area contributed by atoms with Gasteiger partial charge in [0.15, 0.2) is 11.6 Å². The van der Waals surface area contributed by atoms with E-state index in [4.69, 9.17) is 47.9 Å². The normalized spacial score (nSPS) is 17.8. The zero-order chi connectivity index (χ0) is 59.2. The first-order valence-corrected chi connectivity index (χ1v) is 29.5. The number of rotatable bonds is 8. The molecule has 0 unspecified atom stereocenters. The minimum absolute atomic E-state index is 0.360. The van der Waals surface area contributed by atoms with Crippen molar-refractivity contribution in [3.8, 4) is 67.5 Å². The highest BCUT2D eigenvalue weighted by Gasteiger charge is 2.64. The highest BCUT2D eigenvalue weighted by molar-refractivity contribution is 9.10. The number of para-hydroxylation sites is 2. The lowest BCUT2D eigenvalue weighted by molar-refractivity contribution is 0.00578. The molecule has 0 bridgehead atoms. The Morgan fingerprint density at radius 2 is 0.619 bits per heavy atom. The van der Waals surface area contributed by atoms with Crippen LogP contribution in [0.2, 0.25) is 0 Å². The van der Waals surface area contributed by atoms with Crippen LogP contribution in [0.25, 0.3) is 89.4 Å². The molecule has 84 heavy (non-hydrogen) atoms. The number of halogens is 1. The molecule has 10 aromatic rings. The Labute approximate surface area is 504 Å². The van der Waals surface area contributed by atoms with Crippen molar-refractivity contribution in [2.45, 2.75) is 117 Å². The van der Waals surface area contributed by atoms with Gasteiger partial charge >= 0.3 is 21.1 Å². The fourth-order valence-corrected chi connectivity index (χ4v) is 10.6. The minimum atomic E-state index is -0.476. The SMILES string of the molecule is Brc1cccc(-c2cccc(-c3nc(-c4ccccc4)c4ccccc4n3)c2)c1.CC1(C)OB(B2OC(C)(C)C(C)(C)O2)OC1(C)C.CC1(C)OB(c2cccc(-c3cccc(-c4nc(-c5ccccc5)c5ccccc5n4)c3)c2)OC1(C)C. The molecule has 0 N–H and O–H groups in total. The third kappa shape index (κ3) is 12.1. The predicted molar refractivity (Wildman–Crippen MR) is 347 cm³/mol. The van der Waals surface area contributed by atoms with Crippen LogP contribution in [0.3, 0.4) is 0 Å². The Kier molecular flexibility index (Phi) is 16.1. The van der Waals surface area contributed by atoms with E-state index in [1.165, 1.54) is 0 Å². The maximum atomic E-state index is 6.29. The smallest absolute Gasteiger partial charge is 0.405 e. The van der Waals surface area contributed by atoms with E-state index in [9.17, 15) is 0 Å². The van der Waals surface area contributed by atoms with E-state index in [1.807, 2.05) is 140 Å². The molecule has 3 saturated heterocycles. The maximum Gasteiger partial charge on any atom is 0.494 e. The van der Waals surface area contributed by atoms with Crippen molar-refractivity contribution >= 4 is 64.3 Å². The van der Waals surface area contributed by atoms with E-state index in [0.717, 1.165) is 93.5 Å². The first-order chi connectivity index (χ1) is 40.0. The molecule has 2 aromatic heterocycles. The average molecular weight is 1180 g/mol. The Hall–Kier alpha value is -7.13. The van der Waals surface area contributed by atoms with Crippen LogP contribution in [0.15, 0.2) is 211 Å². The molecule has 8 aromatic carbocycles. The quantitative estimate of drug-likeness (QED) is 0.137. The fraction of sp³-hybridized carbons (Fsp3) is 0.257. The molecule has 0 aliphatic carbocycles. The first kappa shape index (κ1) is 58.6. The Morgan fingerprint density at radius 1 is 0.298 bits per heavy atom. The molecule has 0 spiro atoms. The average Bonchev–Trinajstić information content (AvgIpc) is 2.95. The molecular weight excluding hydrogens is 1110 g/mol. The summed E-state index contributed by atoms with van der Waals surface area (Å²) in [6.45, 7) is 24.5. The molecule has 10 nitrogen and oxygen atoms in total. The lowest BCUT2D eigenvalue weighted by atomic mass is 9.49. The number of fused-ring (bicyclic) bond motifs is 2. The summed E-state index contributed by atoms with van der Waals surface area (Å²) in [5.41, 5.74) is 11.2. The third-order valence-electron chi connectivity index (χ3n) is 17.2. The maximum absolute atomic E-state index is 6.29. The summed E-state index contributed by atoms with van der Waals surface area (Å²) in [6.07, 6.45) is 0. The third-order valence-corrected chi connectivity index (χ3v) is 17.7. The van der Waals surface area contributed by atoms with Crippen molar-refractivity contribution in [1.29, 1.82) is 0 Å². The molecule has 3 aliphatic heterocycles. The number of benzene rings is 8. The van der Waals surface area contributed by atoms with E-state index in [2.05, 4.69) is 165 Å². The largest absolute Gasteiger partial charge is 0.494 e. The lowest BCUT2D eigenvalue weighted by Crippen LogP contribution is -2.41. The summed E-state index contributed by atoms with van der Waals surface area (Å²) in [6, 6.07) is 70.5. The fourth-order valence-electron chi connectivity index (χ4n) is 10.2. The molecule has 13 rings (SSSR count). The molecule has 0 amide bonds. The summed E-state index contributed by atoms with van der Waals surface area (Å²) < 4.78 is 37.5. The van der Waals surface area contributed by atoms with Crippen molar-refractivity contribution in [2.24, 2.45) is 0 Å². The molecule has 422 valence electrons. The van der Waals surface area contributed by atoms with Gasteiger partial charge in [-0.1, -0.05) is 186 Å². The standard InChI is InChI=1S/C32H29BN2O2.C26H17BrN2.C12H24B2O4/c1-31(2)32(3,4)37-33(36-31)26-17-11-15-24(21-26)23-14-10-16-25(20-23)30-34-28-19-9-8-18-27(28)29(35-30)22-12-6-5-7-13-22;27-22-13-7-11-20(17-22)19-10-6-12-21(16-19)26-28-24-15-5-4-14-23(24)25(29-26)18-8-2-1-3-9-18;1-9(2)10(3,4)16-13(15-9)14-17-11(5,6)12(7,8)18-14/h5-21H,1-4H3;1-17H;1-8H3. The second-order valence-electron chi connectivity index (χ2n) is 24.7. The van der Waals surface area contributed by atoms with Crippen LogP contribution in [-0.4, -0.2) is 74.7 Å². The molecule has 3 aliphatic rings. The van der Waals surface area contributed by atoms with Gasteiger partial charge in [0.05, 0.1) is 56.0 Å². The Morgan fingerprint density at radius 3 is 1.04 bits per heavy atom. The number of nitrogens with zero attached hydrogens (tertiary/aromatic N) is 4. The summed E-state index contributed by atoms with van der Waals surface area (Å²) >= 11 is 3.56. The minimum Gasteiger partial charge on any atom is -0.405 e. The highest BCUT2D eigenvalue weighted by atomic mass is 79.9. The van der Waals surface area contributed by atoms with Crippen LogP contribution < -0.4 is 5.46 Å². The van der Waals surface area contributed by atoms with Gasteiger partial charge in [-0.2, -0.15) is 0 Å². The number of aromatic nitrogens is 4. The highest BCUT2D eigenvalue weighted by Crippen LogP contribution is 2.44. The summed E-state index contributed by atoms with van der Waals surface area (Å²) in [4.78, 5) is 19.8. The van der Waals surface area contributed by atoms with Gasteiger partial charge in [-0.25, -0.2) is 19.9 Å². The van der Waals surface area contributed by atoms with Gasteiger partial charge in [-0.15, -0.1) is 0 Å². The van der Waals surface area contributed by atoms with Crippen LogP contribution >= 0.6 is 15.9 Å². The van der Waals surface area contributed by atoms with Gasteiger partial charge in [-0.05, 0) is 147 Å². The van der Waals surface area contributed by atoms with E-state index in [0.29, 0.717) is 5.82 Å². The zero-order valence-corrected chi connectivity index (χ0v) is 51.6. The van der Waals surface area contributed by atoms with Gasteiger partial charge in [0.2, 0.25) is 0 Å². The van der Waals surface area contributed by atoms with Crippen molar-refractivity contribution in [1.82, 2.24) is 19.9 Å². The second-order valence-corrected chi connectivity index (χ2v) is 25.6. The molecule has 5 heterocycles. The zero-order valence-electron chi connectivity index (χ0n) is 50.0. The van der Waals surface area contributed by atoms with Crippen LogP contribution in [-0.2, 0) is 27.9 Å². The van der Waals surface area contributed by atoms with E-state index in [1.54, 1.807) is 0 Å². The molecule has 0 radical (unpaired) electrons. The van der Waals surface area contributed by atoms with Gasteiger partial charge in [-0.3, -0.25) is 0 Å². The summed E-state index contributed by atoms with van der Waals surface area (Å²) in [7, 11) is -1.35. The lowest BCUT2D eigenvalue weighted by Gasteiger charge is -2.32. The van der Waals surface area contributed by atoms with E-state index in [-0.39, 0.29) is 33.6 Å². The molecular formula is C70H70B3BrN4O6. The van der Waals surface area contributed by atoms with Crippen molar-refractivity contribution in [3.63, 3.8) is 0 Å². The first-order valence-electron chi connectivity index (χ1n) is 28.8. The van der Waals surface area contributed by atoms with Gasteiger partial charge in [0.25, 0.3) is 0 Å². The van der Waals surface area contributed by atoms with Gasteiger partial charge in [0.1, 0.15) is 0 Å². The van der Waals surface area contributed by atoms with Gasteiger partial charge < -0.3 is 27.9 Å². The van der Waals surface area contributed by atoms with Crippen LogP contribution in [0, 0.1) is 0 Å². The van der Waals surface area contributed by atoms with E-state index < -0.39 is 21.1 Å². The van der Waals surface area contributed by atoms with Crippen LogP contribution in [0.1, 0.15) is 83.1 Å². The van der Waals surface area contributed by atoms with Gasteiger partial charge in [0, 0.05) is 37.5 Å². The van der Waals surface area contributed by atoms with Crippen LogP contribution in [0.4, 0.5) is 0 Å². The molecule has 0 saturated carbocycles. The van der Waals surface area contributed by atoms with E-state index >= 15 is 0 Å². The summed E-state index contributed by atoms with van der Waals surface area (Å²) in [5.74, 6) is 1.45. The molecule has 14 heteroatoms. The van der Waals surface area contributed by atoms with Crippen molar-refractivity contribution in [2.75, 3.05) is 0 Å². The summed E-state index contributed by atoms with van der Waals surface area (Å²) in [5, 5.41) is 2.11. The predicted octanol–water partition coefficient (Wildman–Crippen LogP) is 16.6. The van der Waals surface area contributed by atoms with Crippen molar-refractivity contribution in [3.05, 3.63) is 211 Å². The number of hydrogen-bond acceptors (Lipinski definition) is 10.